The van der Waals surface area contributed by atoms with Crippen molar-refractivity contribution in [3.8, 4) is 11.4 Å². The number of hydrogen-bond acceptors (Lipinski definition) is 5. The van der Waals surface area contributed by atoms with Crippen LogP contribution in [-0.4, -0.2) is 26.1 Å². The number of aryl methyl sites for hydroxylation is 1. The maximum atomic E-state index is 13.2. The number of unbranched alkanes of at least 4 members (excludes halogenated alkanes) is 1. The molecular weight excluding hydrogens is 390 g/mol. The van der Waals surface area contributed by atoms with Gasteiger partial charge >= 0.3 is 0 Å². The number of amides is 1. The smallest absolute Gasteiger partial charge is 0.274 e. The molecule has 7 nitrogen and oxygen atoms in total. The molecule has 31 heavy (non-hydrogen) atoms. The van der Waals surface area contributed by atoms with Crippen LogP contribution < -0.4 is 5.32 Å². The second kappa shape index (κ2) is 9.67. The Kier molecular flexibility index (Phi) is 6.32. The first-order valence-corrected chi connectivity index (χ1v) is 10.2. The number of nitrogens with one attached hydrogen (secondary N) is 1. The van der Waals surface area contributed by atoms with E-state index in [2.05, 4.69) is 27.8 Å². The van der Waals surface area contributed by atoms with Gasteiger partial charge in [0.2, 0.25) is 0 Å². The molecule has 1 N–H and O–H groups in total. The normalized spacial score (nSPS) is 11.5. The fourth-order valence-corrected chi connectivity index (χ4v) is 3.18. The van der Waals surface area contributed by atoms with Crippen LogP contribution in [0, 0.1) is 0 Å². The number of furan rings is 1. The van der Waals surface area contributed by atoms with Crippen molar-refractivity contribution in [2.24, 2.45) is 0 Å². The van der Waals surface area contributed by atoms with Gasteiger partial charge in [-0.15, -0.1) is 5.10 Å². The number of tetrazole rings is 1. The van der Waals surface area contributed by atoms with Gasteiger partial charge in [0.05, 0.1) is 6.26 Å². The number of carbonyl (C=O) groups is 1. The fourth-order valence-electron chi connectivity index (χ4n) is 3.18. The van der Waals surface area contributed by atoms with Gasteiger partial charge in [0, 0.05) is 17.3 Å². The zero-order valence-corrected chi connectivity index (χ0v) is 17.2. The van der Waals surface area contributed by atoms with E-state index >= 15 is 0 Å². The van der Waals surface area contributed by atoms with E-state index in [1.807, 2.05) is 54.6 Å². The molecule has 4 rings (SSSR count). The first kappa shape index (κ1) is 20.3. The minimum absolute atomic E-state index is 0.244. The topological polar surface area (TPSA) is 85.8 Å². The molecule has 0 aliphatic rings. The van der Waals surface area contributed by atoms with E-state index in [9.17, 15) is 4.79 Å². The van der Waals surface area contributed by atoms with Gasteiger partial charge < -0.3 is 9.73 Å². The second-order valence-corrected chi connectivity index (χ2v) is 7.08. The Morgan fingerprint density at radius 2 is 1.87 bits per heavy atom. The quantitative estimate of drug-likeness (QED) is 0.415. The van der Waals surface area contributed by atoms with E-state index in [1.54, 1.807) is 24.5 Å². The molecular formula is C24H23N5O2. The summed E-state index contributed by atoms with van der Waals surface area (Å²) >= 11 is 0. The molecule has 0 saturated carbocycles. The summed E-state index contributed by atoms with van der Waals surface area (Å²) in [6, 6.07) is 20.9. The van der Waals surface area contributed by atoms with Crippen LogP contribution in [0.25, 0.3) is 23.2 Å². The van der Waals surface area contributed by atoms with Gasteiger partial charge in [-0.3, -0.25) is 4.79 Å². The van der Waals surface area contributed by atoms with Crippen molar-refractivity contribution in [2.75, 3.05) is 5.32 Å². The van der Waals surface area contributed by atoms with Crippen molar-refractivity contribution in [1.82, 2.24) is 20.2 Å². The monoisotopic (exact) mass is 413 g/mol. The number of benzene rings is 2. The summed E-state index contributed by atoms with van der Waals surface area (Å²) in [6.45, 7) is 2.17. The molecule has 156 valence electrons. The highest BCUT2D eigenvalue weighted by Crippen LogP contribution is 2.22. The molecule has 7 heteroatoms. The molecule has 0 unspecified atom stereocenters. The summed E-state index contributed by atoms with van der Waals surface area (Å²) in [7, 11) is 0. The van der Waals surface area contributed by atoms with E-state index in [1.165, 1.54) is 10.2 Å². The molecule has 0 atom stereocenters. The lowest BCUT2D eigenvalue weighted by molar-refractivity contribution is -0.111. The lowest BCUT2D eigenvalue weighted by Gasteiger charge is -2.11. The van der Waals surface area contributed by atoms with E-state index in [0.29, 0.717) is 17.3 Å². The average Bonchev–Trinajstić information content (AvgIpc) is 3.49. The predicted molar refractivity (Wildman–Crippen MR) is 120 cm³/mol. The molecule has 2 aromatic carbocycles. The Balaban J connectivity index is 1.64. The summed E-state index contributed by atoms with van der Waals surface area (Å²) in [5, 5.41) is 14.9. The summed E-state index contributed by atoms with van der Waals surface area (Å²) in [5.41, 5.74) is 2.99. The maximum Gasteiger partial charge on any atom is 0.274 e. The Labute approximate surface area is 180 Å². The molecule has 0 fully saturated rings. The van der Waals surface area contributed by atoms with Crippen LogP contribution in [0.1, 0.15) is 31.1 Å². The SMILES string of the molecule is CCCCc1ccc(NC(=O)/C(=C\c2ccco2)n2nnnc2-c2ccccc2)cc1. The zero-order chi connectivity index (χ0) is 21.5. The van der Waals surface area contributed by atoms with Crippen LogP contribution in [0.5, 0.6) is 0 Å². The van der Waals surface area contributed by atoms with Crippen LogP contribution in [-0.2, 0) is 11.2 Å². The summed E-state index contributed by atoms with van der Waals surface area (Å²) in [4.78, 5) is 13.2. The Bertz CT molecular complexity index is 1150. The molecule has 0 radical (unpaired) electrons. The first-order chi connectivity index (χ1) is 15.2. The molecule has 0 aliphatic heterocycles. The van der Waals surface area contributed by atoms with E-state index in [-0.39, 0.29) is 11.6 Å². The fraction of sp³-hybridized carbons (Fsp3) is 0.167. The minimum Gasteiger partial charge on any atom is -0.465 e. The second-order valence-electron chi connectivity index (χ2n) is 7.08. The van der Waals surface area contributed by atoms with E-state index < -0.39 is 0 Å². The highest BCUT2D eigenvalue weighted by atomic mass is 16.3. The number of rotatable bonds is 8. The van der Waals surface area contributed by atoms with Crippen LogP contribution in [0.3, 0.4) is 0 Å². The molecule has 0 saturated heterocycles. The van der Waals surface area contributed by atoms with Gasteiger partial charge in [-0.25, -0.2) is 0 Å². The molecule has 0 aliphatic carbocycles. The van der Waals surface area contributed by atoms with E-state index in [0.717, 1.165) is 24.8 Å². The molecule has 2 aromatic heterocycles. The number of aromatic nitrogens is 4. The third-order valence-corrected chi connectivity index (χ3v) is 4.82. The molecule has 2 heterocycles. The van der Waals surface area contributed by atoms with Crippen molar-refractivity contribution in [3.63, 3.8) is 0 Å². The van der Waals surface area contributed by atoms with Crippen molar-refractivity contribution >= 4 is 23.4 Å². The summed E-state index contributed by atoms with van der Waals surface area (Å²) in [5.74, 6) is 0.639. The molecule has 0 spiro atoms. The summed E-state index contributed by atoms with van der Waals surface area (Å²) < 4.78 is 6.84. The largest absolute Gasteiger partial charge is 0.465 e. The van der Waals surface area contributed by atoms with Crippen LogP contribution in [0.4, 0.5) is 5.69 Å². The average molecular weight is 413 g/mol. The number of anilines is 1. The third-order valence-electron chi connectivity index (χ3n) is 4.82. The number of carbonyl (C=O) groups excluding carboxylic acids is 1. The predicted octanol–water partition coefficient (Wildman–Crippen LogP) is 4.91. The van der Waals surface area contributed by atoms with Gasteiger partial charge in [0.15, 0.2) is 5.82 Å². The van der Waals surface area contributed by atoms with Gasteiger partial charge in [-0.05, 0) is 53.1 Å². The van der Waals surface area contributed by atoms with Crippen LogP contribution >= 0.6 is 0 Å². The van der Waals surface area contributed by atoms with Gasteiger partial charge in [0.1, 0.15) is 11.5 Å². The van der Waals surface area contributed by atoms with Gasteiger partial charge in [-0.2, -0.15) is 4.68 Å². The summed E-state index contributed by atoms with van der Waals surface area (Å²) in [6.07, 6.45) is 6.49. The zero-order valence-electron chi connectivity index (χ0n) is 17.2. The minimum atomic E-state index is -0.345. The van der Waals surface area contributed by atoms with Gasteiger partial charge in [0.25, 0.3) is 5.91 Å². The van der Waals surface area contributed by atoms with Crippen molar-refractivity contribution in [2.45, 2.75) is 26.2 Å². The van der Waals surface area contributed by atoms with Crippen LogP contribution in [0.15, 0.2) is 77.4 Å². The van der Waals surface area contributed by atoms with Crippen molar-refractivity contribution < 1.29 is 9.21 Å². The molecule has 0 bridgehead atoms. The van der Waals surface area contributed by atoms with Crippen molar-refractivity contribution in [3.05, 3.63) is 84.3 Å². The number of hydrogen-bond donors (Lipinski definition) is 1. The maximum absolute atomic E-state index is 13.2. The molecule has 4 aromatic rings. The lowest BCUT2D eigenvalue weighted by atomic mass is 10.1. The highest BCUT2D eigenvalue weighted by molar-refractivity contribution is 6.24. The highest BCUT2D eigenvalue weighted by Gasteiger charge is 2.20. The lowest BCUT2D eigenvalue weighted by Crippen LogP contribution is -2.19. The first-order valence-electron chi connectivity index (χ1n) is 10.2. The van der Waals surface area contributed by atoms with Crippen molar-refractivity contribution in [1.29, 1.82) is 0 Å². The standard InChI is InChI=1S/C24H23N5O2/c1-2-3-8-18-12-14-20(15-13-18)25-24(30)22(17-21-11-7-16-31-21)29-23(26-27-28-29)19-9-5-4-6-10-19/h4-7,9-17H,2-3,8H2,1H3,(H,25,30)/b22-17+. The number of nitrogens with zero attached hydrogens (tertiary/aromatic N) is 4. The Morgan fingerprint density at radius 3 is 2.58 bits per heavy atom. The van der Waals surface area contributed by atoms with Gasteiger partial charge in [-0.1, -0.05) is 55.8 Å². The Morgan fingerprint density at radius 1 is 1.06 bits per heavy atom. The third kappa shape index (κ3) is 4.95. The molecule has 1 amide bonds. The van der Waals surface area contributed by atoms with E-state index in [4.69, 9.17) is 4.42 Å². The van der Waals surface area contributed by atoms with Crippen LogP contribution in [0.2, 0.25) is 0 Å². The Hall–Kier alpha value is -4.00.